The van der Waals surface area contributed by atoms with E-state index < -0.39 is 26.3 Å². The van der Waals surface area contributed by atoms with Crippen LogP contribution in [0.25, 0.3) is 10.8 Å². The van der Waals surface area contributed by atoms with Crippen LogP contribution in [0.4, 0.5) is 23.8 Å². The van der Waals surface area contributed by atoms with Crippen LogP contribution in [-0.2, 0) is 0 Å². The monoisotopic (exact) mass is 287 g/mol. The van der Waals surface area contributed by atoms with Crippen LogP contribution in [0.5, 0.6) is 0 Å². The van der Waals surface area contributed by atoms with E-state index in [4.69, 9.17) is 0 Å². The lowest BCUT2D eigenvalue weighted by atomic mass is 10.1. The fraction of sp³-hybridized carbons (Fsp3) is 0.100. The van der Waals surface area contributed by atoms with Crippen LogP contribution in [0, 0.1) is 12.7 Å². The van der Waals surface area contributed by atoms with Crippen LogP contribution in [-0.4, -0.2) is 4.98 Å². The molecule has 0 unspecified atom stereocenters. The maximum absolute atomic E-state index is 13.1. The number of aromatic nitrogens is 1. The van der Waals surface area contributed by atoms with Crippen LogP contribution in [0.2, 0.25) is 0 Å². The summed E-state index contributed by atoms with van der Waals surface area (Å²) in [7, 11) is -9.95. The first-order valence-corrected chi connectivity index (χ1v) is 6.61. The number of hydrogen-bond donors (Lipinski definition) is 0. The predicted octanol–water partition coefficient (Wildman–Crippen LogP) is 5.34. The van der Waals surface area contributed by atoms with Crippen molar-refractivity contribution in [3.8, 4) is 0 Å². The number of pyridine rings is 1. The van der Waals surface area contributed by atoms with Gasteiger partial charge in [0.25, 0.3) is 0 Å². The number of rotatable bonds is 1. The van der Waals surface area contributed by atoms with E-state index in [1.807, 2.05) is 0 Å². The Morgan fingerprint density at radius 3 is 2.11 bits per heavy atom. The first-order chi connectivity index (χ1) is 7.88. The quantitative estimate of drug-likeness (QED) is 0.645. The maximum Gasteiger partial charge on any atom is 0.311 e. The molecule has 0 aliphatic heterocycles. The van der Waals surface area contributed by atoms with Gasteiger partial charge in [-0.05, 0) is 30.0 Å². The van der Waals surface area contributed by atoms with Crippen LogP contribution < -0.4 is 0 Å². The third kappa shape index (κ3) is 2.24. The van der Waals surface area contributed by atoms with Gasteiger partial charge < -0.3 is 0 Å². The van der Waals surface area contributed by atoms with Gasteiger partial charge in [0.2, 0.25) is 0 Å². The first-order valence-electron chi connectivity index (χ1n) is 4.66. The summed E-state index contributed by atoms with van der Waals surface area (Å²) in [6.45, 7) is 1.37. The second-order valence-corrected chi connectivity index (χ2v) is 6.30. The van der Waals surface area contributed by atoms with Gasteiger partial charge in [0.15, 0.2) is 0 Å². The normalized spacial score (nSPS) is 16.4. The molecule has 0 N–H and O–H groups in total. The molecule has 0 saturated heterocycles. The van der Waals surface area contributed by atoms with Gasteiger partial charge in [-0.1, -0.05) is 19.4 Å². The fourth-order valence-corrected chi connectivity index (χ4v) is 2.58. The van der Waals surface area contributed by atoms with E-state index in [9.17, 15) is 23.8 Å². The topological polar surface area (TPSA) is 12.9 Å². The first kappa shape index (κ1) is 13.0. The fourth-order valence-electron chi connectivity index (χ4n) is 1.66. The molecule has 1 aromatic carbocycles. The lowest BCUT2D eigenvalue weighted by molar-refractivity contribution is 0.364. The Hall–Kier alpha value is -1.44. The molecule has 0 spiro atoms. The molecule has 1 aromatic heterocycles. The van der Waals surface area contributed by atoms with Crippen LogP contribution in [0.15, 0.2) is 29.4 Å². The number of halogens is 6. The summed E-state index contributed by atoms with van der Waals surface area (Å²) < 4.78 is 77.1. The molecule has 2 rings (SSSR count). The Bertz CT molecular complexity index is 649. The average Bonchev–Trinajstić information content (AvgIpc) is 2.15. The number of benzene rings is 1. The minimum Gasteiger partial charge on any atom is -0.264 e. The van der Waals surface area contributed by atoms with Crippen molar-refractivity contribution in [1.29, 1.82) is 0 Å². The lowest BCUT2D eigenvalue weighted by Gasteiger charge is -2.41. The molecule has 0 bridgehead atoms. The highest BCUT2D eigenvalue weighted by Gasteiger charge is 2.66. The number of aryl methyl sites for hydroxylation is 1. The van der Waals surface area contributed by atoms with E-state index in [2.05, 4.69) is 4.98 Å². The summed E-state index contributed by atoms with van der Waals surface area (Å²) in [6.07, 6.45) is 1.84. The van der Waals surface area contributed by atoms with Crippen molar-refractivity contribution in [3.63, 3.8) is 0 Å². The van der Waals surface area contributed by atoms with Gasteiger partial charge in [0, 0.05) is 17.8 Å². The number of nitrogens with zero attached hydrogens (tertiary/aromatic N) is 1. The molecule has 0 aliphatic rings. The van der Waals surface area contributed by atoms with Crippen LogP contribution in [0.1, 0.15) is 5.56 Å². The molecule has 0 saturated carbocycles. The van der Waals surface area contributed by atoms with Gasteiger partial charge >= 0.3 is 10.2 Å². The van der Waals surface area contributed by atoms with Gasteiger partial charge in [-0.15, -0.1) is 0 Å². The molecule has 1 nitrogen and oxygen atoms in total. The Morgan fingerprint density at radius 2 is 1.56 bits per heavy atom. The van der Waals surface area contributed by atoms with Crippen molar-refractivity contribution in [2.45, 2.75) is 11.8 Å². The highest BCUT2D eigenvalue weighted by Crippen LogP contribution is 3.02. The minimum absolute atomic E-state index is 0.189. The van der Waals surface area contributed by atoms with Crippen molar-refractivity contribution in [2.24, 2.45) is 0 Å². The molecular formula is C10H7F6NS. The van der Waals surface area contributed by atoms with Crippen molar-refractivity contribution < 1.29 is 23.8 Å². The number of hydrogen-bond acceptors (Lipinski definition) is 1. The van der Waals surface area contributed by atoms with Gasteiger partial charge in [-0.2, -0.15) is 0 Å². The van der Waals surface area contributed by atoms with Crippen LogP contribution >= 0.6 is 10.2 Å². The van der Waals surface area contributed by atoms with E-state index in [0.717, 1.165) is 6.07 Å². The zero-order valence-corrected chi connectivity index (χ0v) is 9.75. The average molecular weight is 287 g/mol. The summed E-state index contributed by atoms with van der Waals surface area (Å²) in [5.74, 6) is -1.36. The van der Waals surface area contributed by atoms with E-state index in [0.29, 0.717) is 6.20 Å². The van der Waals surface area contributed by atoms with Gasteiger partial charge in [0.1, 0.15) is 10.7 Å². The van der Waals surface area contributed by atoms with E-state index in [1.165, 1.54) is 13.1 Å². The van der Waals surface area contributed by atoms with E-state index in [1.54, 1.807) is 0 Å². The Labute approximate surface area is 98.2 Å². The molecule has 0 radical (unpaired) electrons. The lowest BCUT2D eigenvalue weighted by Crippen LogP contribution is -2.07. The zero-order valence-electron chi connectivity index (χ0n) is 8.93. The second-order valence-electron chi connectivity index (χ2n) is 3.92. The third-order valence-corrected chi connectivity index (χ3v) is 3.59. The summed E-state index contributed by atoms with van der Waals surface area (Å²) in [4.78, 5) is 1.21. The summed E-state index contributed by atoms with van der Waals surface area (Å²) in [5, 5.41) is -1.02. The second kappa shape index (κ2) is 2.93. The van der Waals surface area contributed by atoms with Gasteiger partial charge in [0.05, 0.1) is 0 Å². The van der Waals surface area contributed by atoms with Crippen molar-refractivity contribution in [2.75, 3.05) is 0 Å². The summed E-state index contributed by atoms with van der Waals surface area (Å²) >= 11 is 0. The smallest absolute Gasteiger partial charge is 0.264 e. The molecule has 100 valence electrons. The standard InChI is InChI=1S/C10H7F6NS/c1-6-4-17-5-9-8(6)2-7(11)3-10(9)18(12,13,14,15)16/h2-5H,1H3. The molecular weight excluding hydrogens is 280 g/mol. The third-order valence-electron chi connectivity index (χ3n) is 2.42. The number of fused-ring (bicyclic) bond motifs is 1. The highest BCUT2D eigenvalue weighted by molar-refractivity contribution is 8.46. The Kier molecular flexibility index (Phi) is 2.12. The molecule has 18 heavy (non-hydrogen) atoms. The molecule has 0 aliphatic carbocycles. The minimum atomic E-state index is -9.95. The van der Waals surface area contributed by atoms with Gasteiger partial charge in [-0.3, -0.25) is 4.98 Å². The molecule has 2 aromatic rings. The zero-order chi connectivity index (χ0) is 13.8. The Balaban J connectivity index is 3.03. The Morgan fingerprint density at radius 1 is 0.944 bits per heavy atom. The molecule has 0 fully saturated rings. The molecule has 8 heteroatoms. The van der Waals surface area contributed by atoms with Crippen molar-refractivity contribution >= 4 is 21.0 Å². The maximum atomic E-state index is 13.1. The van der Waals surface area contributed by atoms with E-state index >= 15 is 0 Å². The van der Waals surface area contributed by atoms with Crippen LogP contribution in [0.3, 0.4) is 0 Å². The molecule has 0 atom stereocenters. The molecule has 1 heterocycles. The molecule has 0 amide bonds. The predicted molar refractivity (Wildman–Crippen MR) is 57.8 cm³/mol. The SMILES string of the molecule is Cc1cncc2c(S(F)(F)(F)(F)F)cc(F)cc12. The van der Waals surface area contributed by atoms with Crippen molar-refractivity contribution in [3.05, 3.63) is 35.9 Å². The van der Waals surface area contributed by atoms with Gasteiger partial charge in [-0.25, -0.2) is 4.39 Å². The largest absolute Gasteiger partial charge is 0.311 e. The van der Waals surface area contributed by atoms with Crippen molar-refractivity contribution in [1.82, 2.24) is 4.98 Å². The van der Waals surface area contributed by atoms with E-state index in [-0.39, 0.29) is 17.0 Å². The summed E-state index contributed by atoms with van der Waals surface area (Å²) in [5.41, 5.74) is 0.190. The highest BCUT2D eigenvalue weighted by atomic mass is 32.5. The summed E-state index contributed by atoms with van der Waals surface area (Å²) in [6, 6.07) is 0.588.